The van der Waals surface area contributed by atoms with Gasteiger partial charge in [-0.25, -0.2) is 0 Å². The molecule has 1 aromatic rings. The fourth-order valence-electron chi connectivity index (χ4n) is 2.98. The Morgan fingerprint density at radius 2 is 1.82 bits per heavy atom. The fourth-order valence-corrected chi connectivity index (χ4v) is 3.25. The first-order chi connectivity index (χ1) is 10.6. The van der Waals surface area contributed by atoms with Crippen LogP contribution < -0.4 is 5.73 Å². The highest BCUT2D eigenvalue weighted by Crippen LogP contribution is 2.35. The van der Waals surface area contributed by atoms with Crippen LogP contribution in [0.15, 0.2) is 33.7 Å². The molecule has 2 rings (SSSR count). The van der Waals surface area contributed by atoms with Gasteiger partial charge in [-0.05, 0) is 44.4 Å². The van der Waals surface area contributed by atoms with Crippen molar-refractivity contribution >= 4 is 21.9 Å². The van der Waals surface area contributed by atoms with Crippen molar-refractivity contribution in [3.05, 3.63) is 34.3 Å². The van der Waals surface area contributed by atoms with E-state index in [1.54, 1.807) is 0 Å². The van der Waals surface area contributed by atoms with E-state index >= 15 is 0 Å². The van der Waals surface area contributed by atoms with Crippen LogP contribution in [0.4, 0.5) is 0 Å². The van der Waals surface area contributed by atoms with E-state index in [1.807, 2.05) is 0 Å². The number of halogens is 1. The quantitative estimate of drug-likeness (QED) is 0.642. The monoisotopic (exact) mass is 367 g/mol. The summed E-state index contributed by atoms with van der Waals surface area (Å²) >= 11 is 3.51. The number of rotatable bonds is 5. The van der Waals surface area contributed by atoms with Crippen LogP contribution in [-0.4, -0.2) is 43.7 Å². The van der Waals surface area contributed by atoms with E-state index in [9.17, 15) is 0 Å². The summed E-state index contributed by atoms with van der Waals surface area (Å²) in [5.41, 5.74) is 7.52. The van der Waals surface area contributed by atoms with Crippen LogP contribution in [-0.2, 0) is 10.2 Å². The molecule has 0 saturated carbocycles. The van der Waals surface area contributed by atoms with Crippen LogP contribution in [0.25, 0.3) is 0 Å². The average Bonchev–Trinajstić information content (AvgIpc) is 2.55. The Morgan fingerprint density at radius 3 is 2.36 bits per heavy atom. The Hall–Kier alpha value is -1.07. The maximum Gasteiger partial charge on any atom is 0.191 e. The van der Waals surface area contributed by atoms with Gasteiger partial charge in [-0.1, -0.05) is 28.1 Å². The maximum atomic E-state index is 6.15. The number of ether oxygens (including phenoxy) is 1. The standard InChI is InChI=1S/C17H26BrN3O/c1-3-21(4-2)16(19)20-13-17(9-11-22-12-10-17)14-5-7-15(18)8-6-14/h5-8H,3-4,9-13H2,1-2H3,(H2,19,20). The zero-order valence-corrected chi connectivity index (χ0v) is 15.1. The summed E-state index contributed by atoms with van der Waals surface area (Å²) in [6.07, 6.45) is 1.98. The first-order valence-electron chi connectivity index (χ1n) is 8.00. The molecule has 0 bridgehead atoms. The summed E-state index contributed by atoms with van der Waals surface area (Å²) in [6.45, 7) is 8.28. The summed E-state index contributed by atoms with van der Waals surface area (Å²) in [5, 5.41) is 0. The van der Waals surface area contributed by atoms with Gasteiger partial charge in [0.1, 0.15) is 0 Å². The second kappa shape index (κ2) is 7.97. The molecule has 4 nitrogen and oxygen atoms in total. The molecular formula is C17H26BrN3O. The van der Waals surface area contributed by atoms with Crippen molar-refractivity contribution in [3.63, 3.8) is 0 Å². The molecule has 0 amide bonds. The number of nitrogens with zero attached hydrogens (tertiary/aromatic N) is 2. The Balaban J connectivity index is 2.22. The predicted octanol–water partition coefficient (Wildman–Crippen LogP) is 3.15. The second-order valence-electron chi connectivity index (χ2n) is 5.75. The van der Waals surface area contributed by atoms with Gasteiger partial charge in [-0.2, -0.15) is 0 Å². The molecule has 1 heterocycles. The van der Waals surface area contributed by atoms with Gasteiger partial charge in [-0.15, -0.1) is 0 Å². The normalized spacial score (nSPS) is 18.2. The van der Waals surface area contributed by atoms with Crippen molar-refractivity contribution < 1.29 is 4.74 Å². The van der Waals surface area contributed by atoms with Crippen molar-refractivity contribution in [2.75, 3.05) is 32.8 Å². The van der Waals surface area contributed by atoms with Gasteiger partial charge in [0.25, 0.3) is 0 Å². The smallest absolute Gasteiger partial charge is 0.191 e. The number of nitrogens with two attached hydrogens (primary N) is 1. The van der Waals surface area contributed by atoms with Gasteiger partial charge in [0.15, 0.2) is 5.96 Å². The highest BCUT2D eigenvalue weighted by molar-refractivity contribution is 9.10. The lowest BCUT2D eigenvalue weighted by Crippen LogP contribution is -2.41. The van der Waals surface area contributed by atoms with Crippen LogP contribution in [0, 0.1) is 0 Å². The first kappa shape index (κ1) is 17.3. The van der Waals surface area contributed by atoms with Gasteiger partial charge in [0.2, 0.25) is 0 Å². The fraction of sp³-hybridized carbons (Fsp3) is 0.588. The van der Waals surface area contributed by atoms with Crippen molar-refractivity contribution in [3.8, 4) is 0 Å². The van der Waals surface area contributed by atoms with Crippen molar-refractivity contribution in [1.82, 2.24) is 4.90 Å². The average molecular weight is 368 g/mol. The zero-order valence-electron chi connectivity index (χ0n) is 13.5. The van der Waals surface area contributed by atoms with E-state index in [2.05, 4.69) is 58.9 Å². The Labute approximate surface area is 141 Å². The third kappa shape index (κ3) is 4.02. The molecule has 22 heavy (non-hydrogen) atoms. The second-order valence-corrected chi connectivity index (χ2v) is 6.66. The molecule has 1 saturated heterocycles. The minimum Gasteiger partial charge on any atom is -0.381 e. The lowest BCUT2D eigenvalue weighted by molar-refractivity contribution is 0.0530. The van der Waals surface area contributed by atoms with E-state index in [0.29, 0.717) is 5.96 Å². The number of hydrogen-bond donors (Lipinski definition) is 1. The van der Waals surface area contributed by atoms with Gasteiger partial charge in [-0.3, -0.25) is 4.99 Å². The molecule has 5 heteroatoms. The molecule has 2 N–H and O–H groups in total. The Bertz CT molecular complexity index is 491. The minimum absolute atomic E-state index is 0.0384. The molecule has 0 radical (unpaired) electrons. The highest BCUT2D eigenvalue weighted by atomic mass is 79.9. The van der Waals surface area contributed by atoms with E-state index in [0.717, 1.165) is 50.2 Å². The molecular weight excluding hydrogens is 342 g/mol. The molecule has 1 aliphatic rings. The molecule has 122 valence electrons. The largest absolute Gasteiger partial charge is 0.381 e. The number of guanidine groups is 1. The van der Waals surface area contributed by atoms with E-state index in [-0.39, 0.29) is 5.41 Å². The van der Waals surface area contributed by atoms with E-state index < -0.39 is 0 Å². The van der Waals surface area contributed by atoms with Crippen molar-refractivity contribution in [2.45, 2.75) is 32.1 Å². The molecule has 1 aromatic carbocycles. The SMILES string of the molecule is CCN(CC)C(N)=NCC1(c2ccc(Br)cc2)CCOCC1. The predicted molar refractivity (Wildman–Crippen MR) is 95.3 cm³/mol. The number of aliphatic imine (C=N–C) groups is 1. The third-order valence-electron chi connectivity index (χ3n) is 4.54. The number of benzene rings is 1. The maximum absolute atomic E-state index is 6.15. The topological polar surface area (TPSA) is 50.8 Å². The molecule has 0 aromatic heterocycles. The Morgan fingerprint density at radius 1 is 1.23 bits per heavy atom. The van der Waals surface area contributed by atoms with Gasteiger partial charge in [0.05, 0.1) is 6.54 Å². The van der Waals surface area contributed by atoms with E-state index in [1.165, 1.54) is 5.56 Å². The summed E-state index contributed by atoms with van der Waals surface area (Å²) in [7, 11) is 0. The number of hydrogen-bond acceptors (Lipinski definition) is 2. The van der Waals surface area contributed by atoms with Gasteiger partial charge in [0, 0.05) is 36.2 Å². The summed E-state index contributed by atoms with van der Waals surface area (Å²) < 4.78 is 6.67. The third-order valence-corrected chi connectivity index (χ3v) is 5.07. The summed E-state index contributed by atoms with van der Waals surface area (Å²) in [4.78, 5) is 6.81. The van der Waals surface area contributed by atoms with Crippen molar-refractivity contribution in [1.29, 1.82) is 0 Å². The summed E-state index contributed by atoms with van der Waals surface area (Å²) in [6, 6.07) is 8.59. The van der Waals surface area contributed by atoms with Gasteiger partial charge >= 0.3 is 0 Å². The van der Waals surface area contributed by atoms with Crippen LogP contribution in [0.3, 0.4) is 0 Å². The molecule has 0 spiro atoms. The molecule has 0 unspecified atom stereocenters. The first-order valence-corrected chi connectivity index (χ1v) is 8.79. The lowest BCUT2D eigenvalue weighted by Gasteiger charge is -2.37. The van der Waals surface area contributed by atoms with Crippen molar-refractivity contribution in [2.24, 2.45) is 10.7 Å². The summed E-state index contributed by atoms with van der Waals surface area (Å²) in [5.74, 6) is 0.646. The molecule has 0 atom stereocenters. The van der Waals surface area contributed by atoms with Crippen LogP contribution in [0.2, 0.25) is 0 Å². The lowest BCUT2D eigenvalue weighted by atomic mass is 9.74. The van der Waals surface area contributed by atoms with Crippen LogP contribution >= 0.6 is 15.9 Å². The molecule has 1 fully saturated rings. The van der Waals surface area contributed by atoms with Crippen LogP contribution in [0.5, 0.6) is 0 Å². The Kier molecular flexibility index (Phi) is 6.26. The molecule has 0 aliphatic carbocycles. The van der Waals surface area contributed by atoms with E-state index in [4.69, 9.17) is 15.5 Å². The highest BCUT2D eigenvalue weighted by Gasteiger charge is 2.34. The van der Waals surface area contributed by atoms with Crippen LogP contribution in [0.1, 0.15) is 32.3 Å². The molecule has 1 aliphatic heterocycles. The minimum atomic E-state index is 0.0384. The zero-order chi connectivity index (χ0) is 16.0. The van der Waals surface area contributed by atoms with Gasteiger partial charge < -0.3 is 15.4 Å².